The normalized spacial score (nSPS) is 15.7. The molecule has 1 fully saturated rings. The van der Waals surface area contributed by atoms with Crippen molar-refractivity contribution in [2.75, 3.05) is 23.9 Å². The lowest BCUT2D eigenvalue weighted by Crippen LogP contribution is -2.25. The Labute approximate surface area is 190 Å². The van der Waals surface area contributed by atoms with Crippen molar-refractivity contribution < 1.29 is 9.26 Å². The number of nitrogens with zero attached hydrogens (tertiary/aromatic N) is 7. The predicted octanol–water partition coefficient (Wildman–Crippen LogP) is 3.61. The molecule has 1 unspecified atom stereocenters. The molecule has 0 radical (unpaired) electrons. The van der Waals surface area contributed by atoms with Gasteiger partial charge in [-0.15, -0.1) is 0 Å². The summed E-state index contributed by atoms with van der Waals surface area (Å²) >= 11 is 0. The summed E-state index contributed by atoms with van der Waals surface area (Å²) in [5.74, 6) is 3.20. The van der Waals surface area contributed by atoms with Gasteiger partial charge in [0.15, 0.2) is 17.3 Å². The van der Waals surface area contributed by atoms with Gasteiger partial charge in [-0.2, -0.15) is 10.1 Å². The van der Waals surface area contributed by atoms with Crippen molar-refractivity contribution in [3.63, 3.8) is 0 Å². The Morgan fingerprint density at radius 2 is 2.06 bits per heavy atom. The third-order valence-corrected chi connectivity index (χ3v) is 5.58. The minimum Gasteiger partial charge on any atom is -0.479 e. The largest absolute Gasteiger partial charge is 0.479 e. The first kappa shape index (κ1) is 20.9. The van der Waals surface area contributed by atoms with Crippen molar-refractivity contribution in [2.45, 2.75) is 39.2 Å². The van der Waals surface area contributed by atoms with Crippen LogP contribution in [0.3, 0.4) is 0 Å². The lowest BCUT2D eigenvalue weighted by molar-refractivity contribution is 0.361. The Hall–Kier alpha value is -4.02. The number of aromatic nitrogens is 7. The van der Waals surface area contributed by atoms with E-state index in [0.717, 1.165) is 48.8 Å². The Balaban J connectivity index is 1.41. The standard InChI is InChI=1S/C22H25N9O2/c1-4-14-11-19(29-28-14)26-18-10-13(2)25-22(27-18)31-9-5-6-16(31)17-12-15(30-33-17)20-21(32-3)24-8-7-23-20/h7-8,10-12,16H,4-6,9H2,1-3H3,(H2,25,26,27,28,29). The average Bonchev–Trinajstić information content (AvgIpc) is 3.58. The fourth-order valence-corrected chi connectivity index (χ4v) is 3.99. The Morgan fingerprint density at radius 1 is 1.18 bits per heavy atom. The fraction of sp³-hybridized carbons (Fsp3) is 0.364. The van der Waals surface area contributed by atoms with Gasteiger partial charge in [0.1, 0.15) is 11.5 Å². The number of hydrogen-bond donors (Lipinski definition) is 2. The molecule has 0 amide bonds. The molecule has 0 bridgehead atoms. The molecule has 1 aliphatic rings. The molecule has 1 aliphatic heterocycles. The summed E-state index contributed by atoms with van der Waals surface area (Å²) in [4.78, 5) is 20.1. The average molecular weight is 448 g/mol. The smallest absolute Gasteiger partial charge is 0.242 e. The summed E-state index contributed by atoms with van der Waals surface area (Å²) in [6.45, 7) is 4.85. The number of aryl methyl sites for hydroxylation is 2. The number of hydrogen-bond acceptors (Lipinski definition) is 10. The predicted molar refractivity (Wildman–Crippen MR) is 121 cm³/mol. The van der Waals surface area contributed by atoms with Gasteiger partial charge in [-0.3, -0.25) is 5.10 Å². The number of anilines is 3. The van der Waals surface area contributed by atoms with Crippen molar-refractivity contribution in [2.24, 2.45) is 0 Å². The monoisotopic (exact) mass is 447 g/mol. The molecule has 11 nitrogen and oxygen atoms in total. The molecule has 11 heteroatoms. The van der Waals surface area contributed by atoms with Gasteiger partial charge in [0.2, 0.25) is 11.8 Å². The van der Waals surface area contributed by atoms with Gasteiger partial charge in [-0.05, 0) is 26.2 Å². The quantitative estimate of drug-likeness (QED) is 0.433. The highest BCUT2D eigenvalue weighted by Crippen LogP contribution is 2.37. The van der Waals surface area contributed by atoms with E-state index >= 15 is 0 Å². The molecule has 4 aromatic heterocycles. The van der Waals surface area contributed by atoms with E-state index in [1.165, 1.54) is 0 Å². The van der Waals surface area contributed by atoms with Crippen LogP contribution in [0, 0.1) is 6.92 Å². The van der Waals surface area contributed by atoms with E-state index in [0.29, 0.717) is 29.0 Å². The second kappa shape index (κ2) is 8.85. The summed E-state index contributed by atoms with van der Waals surface area (Å²) in [5.41, 5.74) is 3.05. The number of H-pyrrole nitrogens is 1. The van der Waals surface area contributed by atoms with Crippen molar-refractivity contribution in [1.29, 1.82) is 0 Å². The molecule has 1 saturated heterocycles. The SMILES string of the molecule is CCc1cc(Nc2cc(C)nc(N3CCCC3c3cc(-c4nccnc4OC)no3)n2)n[nH]1. The van der Waals surface area contributed by atoms with E-state index in [1.54, 1.807) is 19.5 Å². The van der Waals surface area contributed by atoms with E-state index in [4.69, 9.17) is 14.2 Å². The van der Waals surface area contributed by atoms with Gasteiger partial charge < -0.3 is 19.5 Å². The molecule has 1 atom stereocenters. The van der Waals surface area contributed by atoms with Gasteiger partial charge in [-0.1, -0.05) is 12.1 Å². The van der Waals surface area contributed by atoms with Crippen LogP contribution in [0.2, 0.25) is 0 Å². The van der Waals surface area contributed by atoms with Crippen molar-refractivity contribution in [3.05, 3.63) is 47.7 Å². The van der Waals surface area contributed by atoms with E-state index in [9.17, 15) is 0 Å². The molecule has 0 aromatic carbocycles. The van der Waals surface area contributed by atoms with Crippen LogP contribution in [0.25, 0.3) is 11.4 Å². The molecule has 5 heterocycles. The zero-order valence-electron chi connectivity index (χ0n) is 18.7. The molecule has 33 heavy (non-hydrogen) atoms. The summed E-state index contributed by atoms with van der Waals surface area (Å²) in [6, 6.07) is 5.75. The third-order valence-electron chi connectivity index (χ3n) is 5.58. The van der Waals surface area contributed by atoms with Crippen molar-refractivity contribution in [1.82, 2.24) is 35.3 Å². The van der Waals surface area contributed by atoms with Gasteiger partial charge in [-0.25, -0.2) is 15.0 Å². The highest BCUT2D eigenvalue weighted by atomic mass is 16.5. The molecule has 170 valence electrons. The van der Waals surface area contributed by atoms with Crippen LogP contribution in [-0.4, -0.2) is 48.9 Å². The summed E-state index contributed by atoms with van der Waals surface area (Å²) in [7, 11) is 1.56. The minimum absolute atomic E-state index is 0.0272. The maximum Gasteiger partial charge on any atom is 0.242 e. The number of nitrogens with one attached hydrogen (secondary N) is 2. The molecule has 2 N–H and O–H groups in total. The second-order valence-corrected chi connectivity index (χ2v) is 7.83. The number of aromatic amines is 1. The van der Waals surface area contributed by atoms with Crippen LogP contribution in [0.15, 0.2) is 35.1 Å². The van der Waals surface area contributed by atoms with Gasteiger partial charge in [0.25, 0.3) is 0 Å². The second-order valence-electron chi connectivity index (χ2n) is 7.83. The Morgan fingerprint density at radius 3 is 2.88 bits per heavy atom. The Kier molecular flexibility index (Phi) is 5.59. The zero-order chi connectivity index (χ0) is 22.8. The summed E-state index contributed by atoms with van der Waals surface area (Å²) in [6.07, 6.45) is 5.97. The van der Waals surface area contributed by atoms with E-state index in [-0.39, 0.29) is 6.04 Å². The van der Waals surface area contributed by atoms with Crippen LogP contribution >= 0.6 is 0 Å². The van der Waals surface area contributed by atoms with E-state index in [2.05, 4.69) is 47.4 Å². The highest BCUT2D eigenvalue weighted by molar-refractivity contribution is 5.60. The van der Waals surface area contributed by atoms with Crippen LogP contribution in [0.1, 0.15) is 43.0 Å². The number of ether oxygens (including phenoxy) is 1. The Bertz CT molecular complexity index is 1250. The van der Waals surface area contributed by atoms with Gasteiger partial charge in [0.05, 0.1) is 13.2 Å². The lowest BCUT2D eigenvalue weighted by Gasteiger charge is -2.23. The number of rotatable bonds is 7. The van der Waals surface area contributed by atoms with Crippen molar-refractivity contribution >= 4 is 17.6 Å². The van der Waals surface area contributed by atoms with Crippen LogP contribution < -0.4 is 15.0 Å². The molecule has 4 aromatic rings. The van der Waals surface area contributed by atoms with Crippen molar-refractivity contribution in [3.8, 4) is 17.3 Å². The maximum absolute atomic E-state index is 5.73. The first-order chi connectivity index (χ1) is 16.1. The maximum atomic E-state index is 5.73. The summed E-state index contributed by atoms with van der Waals surface area (Å²) < 4.78 is 11.0. The van der Waals surface area contributed by atoms with Crippen LogP contribution in [0.4, 0.5) is 17.6 Å². The first-order valence-corrected chi connectivity index (χ1v) is 10.9. The molecular formula is C22H25N9O2. The molecule has 5 rings (SSSR count). The minimum atomic E-state index is -0.0272. The first-order valence-electron chi connectivity index (χ1n) is 10.9. The van der Waals surface area contributed by atoms with Crippen LogP contribution in [0.5, 0.6) is 5.88 Å². The molecule has 0 aliphatic carbocycles. The van der Waals surface area contributed by atoms with Gasteiger partial charge in [0, 0.05) is 48.5 Å². The van der Waals surface area contributed by atoms with Gasteiger partial charge >= 0.3 is 0 Å². The molecule has 0 spiro atoms. The number of methoxy groups -OCH3 is 1. The van der Waals surface area contributed by atoms with E-state index in [1.807, 2.05) is 25.1 Å². The highest BCUT2D eigenvalue weighted by Gasteiger charge is 2.32. The fourth-order valence-electron chi connectivity index (χ4n) is 3.99. The lowest BCUT2D eigenvalue weighted by atomic mass is 10.1. The topological polar surface area (TPSA) is 131 Å². The third kappa shape index (κ3) is 4.21. The zero-order valence-corrected chi connectivity index (χ0v) is 18.7. The molecular weight excluding hydrogens is 422 g/mol. The summed E-state index contributed by atoms with van der Waals surface area (Å²) in [5, 5.41) is 14.8. The molecule has 0 saturated carbocycles. The van der Waals surface area contributed by atoms with E-state index < -0.39 is 0 Å². The van der Waals surface area contributed by atoms with Crippen LogP contribution in [-0.2, 0) is 6.42 Å².